The molecule has 1 amide bonds. The van der Waals surface area contributed by atoms with E-state index in [0.717, 1.165) is 22.5 Å². The van der Waals surface area contributed by atoms with Crippen molar-refractivity contribution in [3.05, 3.63) is 63.0 Å². The zero-order valence-electron chi connectivity index (χ0n) is 14.8. The smallest absolute Gasteiger partial charge is 0.269 e. The molecule has 0 fully saturated rings. The normalized spacial score (nSPS) is 12.3. The number of amides is 1. The van der Waals surface area contributed by atoms with Crippen molar-refractivity contribution in [3.8, 4) is 0 Å². The van der Waals surface area contributed by atoms with Crippen molar-refractivity contribution < 1.29 is 9.72 Å². The number of hydrogen-bond acceptors (Lipinski definition) is 4. The summed E-state index contributed by atoms with van der Waals surface area (Å²) < 4.78 is 1.84. The van der Waals surface area contributed by atoms with Crippen LogP contribution in [0.1, 0.15) is 29.4 Å². The van der Waals surface area contributed by atoms with Gasteiger partial charge in [-0.1, -0.05) is 0 Å². The van der Waals surface area contributed by atoms with Gasteiger partial charge in [-0.05, 0) is 56.5 Å². The predicted molar refractivity (Wildman–Crippen MR) is 96.1 cm³/mol. The highest BCUT2D eigenvalue weighted by molar-refractivity contribution is 5.91. The van der Waals surface area contributed by atoms with Crippen LogP contribution in [0.4, 0.5) is 5.69 Å². The predicted octanol–water partition coefficient (Wildman–Crippen LogP) is 2.71. The molecule has 132 valence electrons. The molecule has 0 aliphatic carbocycles. The Labute approximate surface area is 146 Å². The summed E-state index contributed by atoms with van der Waals surface area (Å²) in [6.07, 6.45) is 3.77. The van der Waals surface area contributed by atoms with Crippen molar-refractivity contribution in [1.82, 2.24) is 15.1 Å². The van der Waals surface area contributed by atoms with Gasteiger partial charge in [0.25, 0.3) is 5.69 Å². The molecule has 1 heterocycles. The van der Waals surface area contributed by atoms with Gasteiger partial charge in [0.15, 0.2) is 0 Å². The number of aromatic nitrogens is 2. The highest BCUT2D eigenvalue weighted by atomic mass is 16.6. The lowest BCUT2D eigenvalue weighted by Crippen LogP contribution is -2.33. The Morgan fingerprint density at radius 2 is 2.00 bits per heavy atom. The van der Waals surface area contributed by atoms with E-state index in [0.29, 0.717) is 6.42 Å². The molecule has 7 heteroatoms. The Balaban J connectivity index is 1.93. The highest BCUT2D eigenvalue weighted by Crippen LogP contribution is 2.15. The monoisotopic (exact) mass is 342 g/mol. The van der Waals surface area contributed by atoms with Crippen LogP contribution in [0.5, 0.6) is 0 Å². The highest BCUT2D eigenvalue weighted by Gasteiger charge is 2.13. The minimum Gasteiger partial charge on any atom is -0.350 e. The minimum atomic E-state index is -0.454. The molecule has 0 saturated heterocycles. The van der Waals surface area contributed by atoms with Crippen LogP contribution in [0.2, 0.25) is 0 Å². The van der Waals surface area contributed by atoms with Gasteiger partial charge in [0.2, 0.25) is 5.91 Å². The van der Waals surface area contributed by atoms with Gasteiger partial charge >= 0.3 is 0 Å². The molecular weight excluding hydrogens is 320 g/mol. The van der Waals surface area contributed by atoms with E-state index < -0.39 is 4.92 Å². The zero-order valence-corrected chi connectivity index (χ0v) is 14.8. The van der Waals surface area contributed by atoms with Crippen LogP contribution >= 0.6 is 0 Å². The molecule has 0 saturated carbocycles. The van der Waals surface area contributed by atoms with Gasteiger partial charge in [-0.2, -0.15) is 5.10 Å². The van der Waals surface area contributed by atoms with Crippen LogP contribution in [0.25, 0.3) is 6.08 Å². The van der Waals surface area contributed by atoms with E-state index in [1.54, 1.807) is 18.2 Å². The van der Waals surface area contributed by atoms with Crippen molar-refractivity contribution in [1.29, 1.82) is 0 Å². The van der Waals surface area contributed by atoms with Gasteiger partial charge in [0.1, 0.15) is 0 Å². The second kappa shape index (κ2) is 7.74. The average Bonchev–Trinajstić information content (AvgIpc) is 2.79. The van der Waals surface area contributed by atoms with Crippen LogP contribution in [0, 0.1) is 24.0 Å². The first-order valence-corrected chi connectivity index (χ1v) is 8.00. The molecule has 2 aromatic rings. The SMILES string of the molecule is Cc1nn(C)c(C)c1C[C@@H](C)NC(=O)/C=C/c1ccc([N+](=O)[O-])cc1. The molecule has 1 atom stereocenters. The Bertz CT molecular complexity index is 806. The summed E-state index contributed by atoms with van der Waals surface area (Å²) in [5.74, 6) is -0.204. The van der Waals surface area contributed by atoms with E-state index in [1.165, 1.54) is 18.2 Å². The number of aryl methyl sites for hydroxylation is 2. The lowest BCUT2D eigenvalue weighted by molar-refractivity contribution is -0.384. The maximum Gasteiger partial charge on any atom is 0.269 e. The number of nitro benzene ring substituents is 1. The van der Waals surface area contributed by atoms with Gasteiger partial charge < -0.3 is 5.32 Å². The molecule has 0 bridgehead atoms. The Kier molecular flexibility index (Phi) is 5.69. The lowest BCUT2D eigenvalue weighted by Gasteiger charge is -2.13. The summed E-state index contributed by atoms with van der Waals surface area (Å²) in [4.78, 5) is 22.2. The summed E-state index contributed by atoms with van der Waals surface area (Å²) in [7, 11) is 1.90. The molecule has 0 aliphatic rings. The number of rotatable bonds is 6. The molecule has 0 radical (unpaired) electrons. The Morgan fingerprint density at radius 1 is 1.36 bits per heavy atom. The molecule has 0 aliphatic heterocycles. The Hall–Kier alpha value is -2.96. The number of nitro groups is 1. The fraction of sp³-hybridized carbons (Fsp3) is 0.333. The third-order valence-corrected chi connectivity index (χ3v) is 4.09. The van der Waals surface area contributed by atoms with Crippen LogP contribution in [0.15, 0.2) is 30.3 Å². The van der Waals surface area contributed by atoms with E-state index in [1.807, 2.05) is 32.5 Å². The van der Waals surface area contributed by atoms with Crippen LogP contribution in [-0.2, 0) is 18.3 Å². The summed E-state index contributed by atoms with van der Waals surface area (Å²) in [5, 5.41) is 17.9. The molecular formula is C18H22N4O3. The molecule has 0 unspecified atom stereocenters. The van der Waals surface area contributed by atoms with E-state index in [4.69, 9.17) is 0 Å². The molecule has 1 aromatic heterocycles. The first-order valence-electron chi connectivity index (χ1n) is 8.00. The summed E-state index contributed by atoms with van der Waals surface area (Å²) in [5.41, 5.74) is 3.97. The van der Waals surface area contributed by atoms with E-state index >= 15 is 0 Å². The standard InChI is InChI=1S/C18H22N4O3/c1-12(11-17-13(2)20-21(4)14(17)3)19-18(23)10-7-15-5-8-16(9-6-15)22(24)25/h5-10,12H,11H2,1-4H3,(H,19,23)/b10-7+/t12-/m1/s1. The molecule has 7 nitrogen and oxygen atoms in total. The van der Waals surface area contributed by atoms with Gasteiger partial charge in [-0.25, -0.2) is 0 Å². The van der Waals surface area contributed by atoms with Crippen LogP contribution < -0.4 is 5.32 Å². The number of nitrogens with one attached hydrogen (secondary N) is 1. The van der Waals surface area contributed by atoms with Crippen molar-refractivity contribution in [2.75, 3.05) is 0 Å². The quantitative estimate of drug-likeness (QED) is 0.496. The number of nitrogens with zero attached hydrogens (tertiary/aromatic N) is 3. The lowest BCUT2D eigenvalue weighted by atomic mass is 10.1. The molecule has 2 rings (SSSR count). The molecule has 25 heavy (non-hydrogen) atoms. The number of non-ortho nitro benzene ring substituents is 1. The van der Waals surface area contributed by atoms with Crippen LogP contribution in [0.3, 0.4) is 0 Å². The zero-order chi connectivity index (χ0) is 18.6. The number of carbonyl (C=O) groups is 1. The average molecular weight is 342 g/mol. The molecule has 1 N–H and O–H groups in total. The van der Waals surface area contributed by atoms with Crippen molar-refractivity contribution >= 4 is 17.7 Å². The van der Waals surface area contributed by atoms with Gasteiger partial charge in [-0.15, -0.1) is 0 Å². The first kappa shape index (κ1) is 18.4. The summed E-state index contributed by atoms with van der Waals surface area (Å²) in [6, 6.07) is 6.00. The third-order valence-electron chi connectivity index (χ3n) is 4.09. The first-order chi connectivity index (χ1) is 11.8. The summed E-state index contributed by atoms with van der Waals surface area (Å²) >= 11 is 0. The molecule has 1 aromatic carbocycles. The maximum absolute atomic E-state index is 12.0. The van der Waals surface area contributed by atoms with Gasteiger partial charge in [0.05, 0.1) is 10.6 Å². The Morgan fingerprint density at radius 3 is 2.52 bits per heavy atom. The van der Waals surface area contributed by atoms with Crippen molar-refractivity contribution in [2.45, 2.75) is 33.2 Å². The van der Waals surface area contributed by atoms with Crippen molar-refractivity contribution in [3.63, 3.8) is 0 Å². The second-order valence-corrected chi connectivity index (χ2v) is 6.07. The summed E-state index contributed by atoms with van der Waals surface area (Å²) in [6.45, 7) is 5.92. The van der Waals surface area contributed by atoms with E-state index in [2.05, 4.69) is 10.4 Å². The van der Waals surface area contributed by atoms with Gasteiger partial charge in [-0.3, -0.25) is 19.6 Å². The van der Waals surface area contributed by atoms with Crippen LogP contribution in [-0.4, -0.2) is 26.7 Å². The van der Waals surface area contributed by atoms with Gasteiger partial charge in [0, 0.05) is 37.0 Å². The van der Waals surface area contributed by atoms with E-state index in [9.17, 15) is 14.9 Å². The largest absolute Gasteiger partial charge is 0.350 e. The van der Waals surface area contributed by atoms with E-state index in [-0.39, 0.29) is 17.6 Å². The number of hydrogen-bond donors (Lipinski definition) is 1. The topological polar surface area (TPSA) is 90.1 Å². The fourth-order valence-electron chi connectivity index (χ4n) is 2.64. The number of carbonyl (C=O) groups excluding carboxylic acids is 1. The van der Waals surface area contributed by atoms with Crippen molar-refractivity contribution in [2.24, 2.45) is 7.05 Å². The fourth-order valence-corrected chi connectivity index (χ4v) is 2.64. The maximum atomic E-state index is 12.0. The third kappa shape index (κ3) is 4.76. The minimum absolute atomic E-state index is 0.0254. The molecule has 0 spiro atoms. The second-order valence-electron chi connectivity index (χ2n) is 6.07. The number of benzene rings is 1.